The first kappa shape index (κ1) is 23.2. The van der Waals surface area contributed by atoms with Crippen LogP contribution < -0.4 is 14.4 Å². The minimum absolute atomic E-state index is 0.0827. The molecule has 1 aliphatic heterocycles. The summed E-state index contributed by atoms with van der Waals surface area (Å²) in [5, 5.41) is 5.23. The van der Waals surface area contributed by atoms with E-state index in [0.717, 1.165) is 5.56 Å². The smallest absolute Gasteiger partial charge is 0.270 e. The number of hydrogen-bond donors (Lipinski definition) is 1. The number of hydrogen-bond acceptors (Lipinski definition) is 6. The first-order chi connectivity index (χ1) is 16.9. The van der Waals surface area contributed by atoms with Gasteiger partial charge in [-0.05, 0) is 65.5 Å². The van der Waals surface area contributed by atoms with E-state index in [1.807, 2.05) is 30.3 Å². The molecule has 5 rings (SSSR count). The highest BCUT2D eigenvalue weighted by Gasteiger charge is 2.41. The van der Waals surface area contributed by atoms with Crippen molar-refractivity contribution in [3.05, 3.63) is 117 Å². The number of halogens is 1. The molecule has 0 amide bonds. The van der Waals surface area contributed by atoms with E-state index < -0.39 is 15.8 Å². The normalized spacial score (nSPS) is 15.6. The summed E-state index contributed by atoms with van der Waals surface area (Å²) in [4.78, 5) is 13.1. The van der Waals surface area contributed by atoms with Crippen molar-refractivity contribution in [3.8, 4) is 11.5 Å². The fraction of sp³-hybridized carbons (Fsp3) is 0.0385. The molecule has 0 radical (unpaired) electrons. The van der Waals surface area contributed by atoms with Crippen molar-refractivity contribution in [2.24, 2.45) is 0 Å². The Morgan fingerprint density at radius 3 is 2.31 bits per heavy atom. The molecule has 1 aromatic heterocycles. The zero-order valence-corrected chi connectivity index (χ0v) is 20.6. The van der Waals surface area contributed by atoms with E-state index in [-0.39, 0.29) is 11.4 Å². The fourth-order valence-electron chi connectivity index (χ4n) is 3.60. The highest BCUT2D eigenvalue weighted by Crippen LogP contribution is 2.39. The SMILES string of the molecule is O=C1/C(=C/Nc2ccc(Oc3ccccc3)cc2)S(=O)(=O)N(Cc2ccc(Cl)cc2)c2ccsc21. The molecular weight excluding hydrogens is 504 g/mol. The number of thiophene rings is 1. The van der Waals surface area contributed by atoms with Crippen LogP contribution in [0.2, 0.25) is 5.02 Å². The Hall–Kier alpha value is -3.59. The number of ketones is 1. The number of carbonyl (C=O) groups excluding carboxylic acids is 1. The average molecular weight is 523 g/mol. The van der Waals surface area contributed by atoms with Crippen LogP contribution in [0.1, 0.15) is 15.2 Å². The lowest BCUT2D eigenvalue weighted by molar-refractivity contribution is 0.104. The first-order valence-electron chi connectivity index (χ1n) is 10.6. The van der Waals surface area contributed by atoms with E-state index in [2.05, 4.69) is 5.32 Å². The van der Waals surface area contributed by atoms with Gasteiger partial charge in [0.15, 0.2) is 4.91 Å². The number of sulfonamides is 1. The van der Waals surface area contributed by atoms with Gasteiger partial charge in [0, 0.05) is 16.9 Å². The lowest BCUT2D eigenvalue weighted by Crippen LogP contribution is -2.38. The third-order valence-corrected chi connectivity index (χ3v) is 8.27. The van der Waals surface area contributed by atoms with Gasteiger partial charge in [-0.25, -0.2) is 8.42 Å². The van der Waals surface area contributed by atoms with Crippen LogP contribution in [0.5, 0.6) is 11.5 Å². The Kier molecular flexibility index (Phi) is 6.34. The maximum absolute atomic E-state index is 13.5. The molecule has 1 aliphatic rings. The largest absolute Gasteiger partial charge is 0.457 e. The third-order valence-electron chi connectivity index (χ3n) is 5.35. The van der Waals surface area contributed by atoms with Crippen molar-refractivity contribution in [3.63, 3.8) is 0 Å². The van der Waals surface area contributed by atoms with Crippen LogP contribution in [0.15, 0.2) is 101 Å². The molecule has 0 aliphatic carbocycles. The molecule has 0 saturated carbocycles. The topological polar surface area (TPSA) is 75.7 Å². The molecule has 0 unspecified atom stereocenters. The second kappa shape index (κ2) is 9.58. The predicted octanol–water partition coefficient (Wildman–Crippen LogP) is 6.68. The monoisotopic (exact) mass is 522 g/mol. The Morgan fingerprint density at radius 2 is 1.60 bits per heavy atom. The van der Waals surface area contributed by atoms with Gasteiger partial charge in [0.1, 0.15) is 16.4 Å². The molecule has 0 spiro atoms. The number of Topliss-reactive ketones (excluding diaryl/α,β-unsaturated/α-hetero) is 1. The summed E-state index contributed by atoms with van der Waals surface area (Å²) in [6, 6.07) is 25.0. The maximum Gasteiger partial charge on any atom is 0.270 e. The zero-order chi connectivity index (χ0) is 24.4. The zero-order valence-electron chi connectivity index (χ0n) is 18.2. The van der Waals surface area contributed by atoms with Crippen LogP contribution in [0.4, 0.5) is 11.4 Å². The van der Waals surface area contributed by atoms with Crippen LogP contribution in [-0.2, 0) is 16.6 Å². The molecule has 0 atom stereocenters. The molecule has 35 heavy (non-hydrogen) atoms. The van der Waals surface area contributed by atoms with Crippen LogP contribution in [-0.4, -0.2) is 14.2 Å². The van der Waals surface area contributed by atoms with E-state index in [0.29, 0.717) is 32.8 Å². The molecule has 0 saturated heterocycles. The van der Waals surface area contributed by atoms with Crippen LogP contribution in [0.25, 0.3) is 0 Å². The van der Waals surface area contributed by atoms with Gasteiger partial charge in [-0.3, -0.25) is 9.10 Å². The van der Waals surface area contributed by atoms with Crippen molar-refractivity contribution in [2.45, 2.75) is 6.54 Å². The summed E-state index contributed by atoms with van der Waals surface area (Å²) in [6.07, 6.45) is 1.25. The van der Waals surface area contributed by atoms with E-state index in [4.69, 9.17) is 16.3 Å². The second-order valence-corrected chi connectivity index (χ2v) is 10.9. The Morgan fingerprint density at radius 1 is 0.914 bits per heavy atom. The number of ether oxygens (including phenoxy) is 1. The Bertz CT molecular complexity index is 1500. The molecule has 1 N–H and O–H groups in total. The number of nitrogens with one attached hydrogen (secondary N) is 1. The molecule has 0 bridgehead atoms. The first-order valence-corrected chi connectivity index (χ1v) is 13.3. The number of fused-ring (bicyclic) bond motifs is 1. The Labute approximate surface area is 212 Å². The summed E-state index contributed by atoms with van der Waals surface area (Å²) in [7, 11) is -4.09. The number of anilines is 2. The molecule has 0 fully saturated rings. The molecule has 176 valence electrons. The van der Waals surface area contributed by atoms with Crippen molar-refractivity contribution in [1.29, 1.82) is 0 Å². The summed E-state index contributed by atoms with van der Waals surface area (Å²) >= 11 is 7.18. The lowest BCUT2D eigenvalue weighted by Gasteiger charge is -2.29. The highest BCUT2D eigenvalue weighted by molar-refractivity contribution is 7.97. The number of rotatable bonds is 6. The van der Waals surface area contributed by atoms with Crippen LogP contribution >= 0.6 is 22.9 Å². The van der Waals surface area contributed by atoms with Gasteiger partial charge in [-0.1, -0.05) is 41.9 Å². The molecule has 3 aromatic carbocycles. The molecule has 2 heterocycles. The standard InChI is InChI=1S/C26H19ClN2O4S2/c27-19-8-6-18(7-9-19)17-29-23-14-15-34-26(23)25(30)24(35(29,31)32)16-28-20-10-12-22(13-11-20)33-21-4-2-1-3-5-21/h1-16,28H,17H2/b24-16-. The summed E-state index contributed by atoms with van der Waals surface area (Å²) in [5.41, 5.74) is 1.75. The van der Waals surface area contributed by atoms with Gasteiger partial charge < -0.3 is 10.1 Å². The van der Waals surface area contributed by atoms with Gasteiger partial charge in [-0.2, -0.15) is 0 Å². The predicted molar refractivity (Wildman–Crippen MR) is 140 cm³/mol. The van der Waals surface area contributed by atoms with Gasteiger partial charge in [0.2, 0.25) is 5.78 Å². The number of carbonyl (C=O) groups is 1. The maximum atomic E-state index is 13.5. The van der Waals surface area contributed by atoms with Crippen LogP contribution in [0.3, 0.4) is 0 Å². The van der Waals surface area contributed by atoms with Gasteiger partial charge in [0.05, 0.1) is 12.2 Å². The van der Waals surface area contributed by atoms with Gasteiger partial charge in [0.25, 0.3) is 10.0 Å². The van der Waals surface area contributed by atoms with Crippen LogP contribution in [0, 0.1) is 0 Å². The minimum atomic E-state index is -4.09. The summed E-state index contributed by atoms with van der Waals surface area (Å²) < 4.78 is 34.0. The number of nitrogens with zero attached hydrogens (tertiary/aromatic N) is 1. The summed E-state index contributed by atoms with van der Waals surface area (Å²) in [5.74, 6) is 0.814. The quantitative estimate of drug-likeness (QED) is 0.286. The molecule has 4 aromatic rings. The highest BCUT2D eigenvalue weighted by atomic mass is 35.5. The fourth-order valence-corrected chi connectivity index (χ4v) is 6.21. The van der Waals surface area contributed by atoms with E-state index in [1.165, 1.54) is 21.8 Å². The van der Waals surface area contributed by atoms with Crippen molar-refractivity contribution >= 4 is 50.1 Å². The van der Waals surface area contributed by atoms with Crippen molar-refractivity contribution in [1.82, 2.24) is 0 Å². The second-order valence-electron chi connectivity index (χ2n) is 7.69. The molecule has 9 heteroatoms. The van der Waals surface area contributed by atoms with E-state index in [1.54, 1.807) is 60.0 Å². The van der Waals surface area contributed by atoms with Crippen molar-refractivity contribution in [2.75, 3.05) is 9.62 Å². The molecule has 6 nitrogen and oxygen atoms in total. The lowest BCUT2D eigenvalue weighted by atomic mass is 10.2. The third kappa shape index (κ3) is 4.81. The molecular formula is C26H19ClN2O4S2. The van der Waals surface area contributed by atoms with Gasteiger partial charge in [-0.15, -0.1) is 11.3 Å². The summed E-state index contributed by atoms with van der Waals surface area (Å²) in [6.45, 7) is 0.0827. The number of benzene rings is 3. The van der Waals surface area contributed by atoms with Gasteiger partial charge >= 0.3 is 0 Å². The minimum Gasteiger partial charge on any atom is -0.457 e. The van der Waals surface area contributed by atoms with E-state index >= 15 is 0 Å². The van der Waals surface area contributed by atoms with E-state index in [9.17, 15) is 13.2 Å². The number of para-hydroxylation sites is 1. The Balaban J connectivity index is 1.40. The van der Waals surface area contributed by atoms with Crippen molar-refractivity contribution < 1.29 is 17.9 Å². The number of allylic oxidation sites excluding steroid dienone is 1. The average Bonchev–Trinajstić information content (AvgIpc) is 3.34.